The first-order valence-corrected chi connectivity index (χ1v) is 6.07. The summed E-state index contributed by atoms with van der Waals surface area (Å²) in [6.45, 7) is 6.41. The van der Waals surface area contributed by atoms with Gasteiger partial charge in [-0.2, -0.15) is 0 Å². The van der Waals surface area contributed by atoms with E-state index in [9.17, 15) is 9.59 Å². The fourth-order valence-corrected chi connectivity index (χ4v) is 3.88. The number of carboxylic acid groups (broad SMARTS) is 1. The molecular formula is C13H20O3. The molecule has 3 nitrogen and oxygen atoms in total. The Balaban J connectivity index is 2.20. The number of carbonyl (C=O) groups excluding carboxylic acids is 1. The van der Waals surface area contributed by atoms with Gasteiger partial charge < -0.3 is 5.11 Å². The first-order chi connectivity index (χ1) is 7.30. The Morgan fingerprint density at radius 1 is 1.44 bits per heavy atom. The van der Waals surface area contributed by atoms with Crippen LogP contribution < -0.4 is 0 Å². The smallest absolute Gasteiger partial charge is 0.303 e. The van der Waals surface area contributed by atoms with Crippen LogP contribution in [0.4, 0.5) is 0 Å². The Bertz CT molecular complexity index is 345. The molecule has 0 heterocycles. The third-order valence-corrected chi connectivity index (χ3v) is 5.34. The number of rotatable bonds is 3. The fraction of sp³-hybridized carbons (Fsp3) is 0.846. The van der Waals surface area contributed by atoms with Crippen LogP contribution in [0, 0.1) is 22.7 Å². The minimum Gasteiger partial charge on any atom is -0.481 e. The first-order valence-electron chi connectivity index (χ1n) is 6.07. The van der Waals surface area contributed by atoms with Crippen molar-refractivity contribution in [3.63, 3.8) is 0 Å². The number of Topliss-reactive ketones (excluding diaryl/α,β-unsaturated/α-hetero) is 1. The SMILES string of the molecule is CC1(C)[C@H]2CC[C@]1(C)C(=O)[C@H]2CCC(=O)O. The maximum atomic E-state index is 12.3. The average Bonchev–Trinajstić information content (AvgIpc) is 2.47. The number of fused-ring (bicyclic) bond motifs is 2. The molecule has 0 unspecified atom stereocenters. The molecule has 2 saturated carbocycles. The molecule has 3 atom stereocenters. The Morgan fingerprint density at radius 2 is 2.06 bits per heavy atom. The van der Waals surface area contributed by atoms with Gasteiger partial charge in [0.2, 0.25) is 0 Å². The third kappa shape index (κ3) is 1.26. The van der Waals surface area contributed by atoms with Crippen molar-refractivity contribution in [2.45, 2.75) is 46.5 Å². The molecule has 0 saturated heterocycles. The molecule has 3 heteroatoms. The number of carbonyl (C=O) groups is 2. The van der Waals surface area contributed by atoms with Gasteiger partial charge in [-0.05, 0) is 30.6 Å². The molecular weight excluding hydrogens is 204 g/mol. The van der Waals surface area contributed by atoms with Crippen molar-refractivity contribution in [1.82, 2.24) is 0 Å². The summed E-state index contributed by atoms with van der Waals surface area (Å²) in [4.78, 5) is 22.9. The number of hydrogen-bond donors (Lipinski definition) is 1. The predicted molar refractivity (Wildman–Crippen MR) is 60.0 cm³/mol. The van der Waals surface area contributed by atoms with Crippen molar-refractivity contribution in [3.05, 3.63) is 0 Å². The molecule has 90 valence electrons. The van der Waals surface area contributed by atoms with E-state index in [0.29, 0.717) is 18.1 Å². The van der Waals surface area contributed by atoms with E-state index >= 15 is 0 Å². The number of ketones is 1. The lowest BCUT2D eigenvalue weighted by Gasteiger charge is -2.32. The molecule has 16 heavy (non-hydrogen) atoms. The standard InChI is InChI=1S/C13H20O3/c1-12(2)9-6-7-13(12,3)11(16)8(9)4-5-10(14)15/h8-9H,4-7H2,1-3H3,(H,14,15)/t8-,9-,13+/m0/s1. The Kier molecular flexibility index (Phi) is 2.41. The second-order valence-corrected chi connectivity index (χ2v) is 6.10. The van der Waals surface area contributed by atoms with E-state index in [1.807, 2.05) is 0 Å². The minimum atomic E-state index is -0.793. The van der Waals surface area contributed by atoms with Gasteiger partial charge in [-0.25, -0.2) is 0 Å². The highest BCUT2D eigenvalue weighted by Crippen LogP contribution is 2.66. The monoisotopic (exact) mass is 224 g/mol. The molecule has 2 fully saturated rings. The summed E-state index contributed by atoms with van der Waals surface area (Å²) in [5, 5.41) is 8.71. The first kappa shape index (κ1) is 11.6. The zero-order valence-corrected chi connectivity index (χ0v) is 10.2. The molecule has 0 aromatic carbocycles. The van der Waals surface area contributed by atoms with Crippen LogP contribution in [0.15, 0.2) is 0 Å². The molecule has 0 radical (unpaired) electrons. The van der Waals surface area contributed by atoms with Crippen LogP contribution in [0.25, 0.3) is 0 Å². The summed E-state index contributed by atoms with van der Waals surface area (Å²) >= 11 is 0. The second kappa shape index (κ2) is 3.31. The van der Waals surface area contributed by atoms with Crippen molar-refractivity contribution in [2.75, 3.05) is 0 Å². The van der Waals surface area contributed by atoms with Gasteiger partial charge in [0.25, 0.3) is 0 Å². The van der Waals surface area contributed by atoms with Gasteiger partial charge in [-0.15, -0.1) is 0 Å². The summed E-state index contributed by atoms with van der Waals surface area (Å²) in [6.07, 6.45) is 2.71. The average molecular weight is 224 g/mol. The number of aliphatic carboxylic acids is 1. The van der Waals surface area contributed by atoms with E-state index in [2.05, 4.69) is 20.8 Å². The molecule has 0 spiro atoms. The van der Waals surface area contributed by atoms with Gasteiger partial charge >= 0.3 is 5.97 Å². The third-order valence-electron chi connectivity index (χ3n) is 5.34. The van der Waals surface area contributed by atoms with E-state index in [1.54, 1.807) is 0 Å². The van der Waals surface area contributed by atoms with Crippen molar-refractivity contribution in [1.29, 1.82) is 0 Å². The van der Waals surface area contributed by atoms with E-state index in [-0.39, 0.29) is 23.2 Å². The molecule has 0 aromatic rings. The lowest BCUT2D eigenvalue weighted by Crippen LogP contribution is -2.33. The van der Waals surface area contributed by atoms with Crippen LogP contribution in [0.2, 0.25) is 0 Å². The van der Waals surface area contributed by atoms with Crippen molar-refractivity contribution in [3.8, 4) is 0 Å². The van der Waals surface area contributed by atoms with Gasteiger partial charge in [-0.3, -0.25) is 9.59 Å². The van der Waals surface area contributed by atoms with Gasteiger partial charge in [0.05, 0.1) is 0 Å². The summed E-state index contributed by atoms with van der Waals surface area (Å²) in [5.74, 6) is -0.0947. The summed E-state index contributed by atoms with van der Waals surface area (Å²) < 4.78 is 0. The van der Waals surface area contributed by atoms with E-state index < -0.39 is 5.97 Å². The van der Waals surface area contributed by atoms with Crippen molar-refractivity contribution in [2.24, 2.45) is 22.7 Å². The van der Waals surface area contributed by atoms with Crippen LogP contribution in [-0.4, -0.2) is 16.9 Å². The minimum absolute atomic E-state index is 0.00940. The van der Waals surface area contributed by atoms with Crippen LogP contribution >= 0.6 is 0 Å². The van der Waals surface area contributed by atoms with Crippen LogP contribution in [0.3, 0.4) is 0 Å². The van der Waals surface area contributed by atoms with Gasteiger partial charge in [-0.1, -0.05) is 20.8 Å². The highest BCUT2D eigenvalue weighted by atomic mass is 16.4. The van der Waals surface area contributed by atoms with Crippen molar-refractivity contribution < 1.29 is 14.7 Å². The lowest BCUT2D eigenvalue weighted by molar-refractivity contribution is -0.138. The summed E-state index contributed by atoms with van der Waals surface area (Å²) in [6, 6.07) is 0. The summed E-state index contributed by atoms with van der Waals surface area (Å²) in [7, 11) is 0. The highest BCUT2D eigenvalue weighted by molar-refractivity contribution is 5.91. The molecule has 2 rings (SSSR count). The van der Waals surface area contributed by atoms with E-state index in [0.717, 1.165) is 12.8 Å². The quantitative estimate of drug-likeness (QED) is 0.801. The molecule has 0 aliphatic heterocycles. The molecule has 2 bridgehead atoms. The zero-order chi connectivity index (χ0) is 12.1. The Morgan fingerprint density at radius 3 is 2.50 bits per heavy atom. The molecule has 2 aliphatic rings. The fourth-order valence-electron chi connectivity index (χ4n) is 3.88. The van der Waals surface area contributed by atoms with Gasteiger partial charge in [0.15, 0.2) is 0 Å². The van der Waals surface area contributed by atoms with Crippen LogP contribution in [-0.2, 0) is 9.59 Å². The maximum Gasteiger partial charge on any atom is 0.303 e. The molecule has 0 amide bonds. The summed E-state index contributed by atoms with van der Waals surface area (Å²) in [5.41, 5.74) is -0.159. The maximum absolute atomic E-state index is 12.3. The normalized spacial score (nSPS) is 40.3. The van der Waals surface area contributed by atoms with Crippen LogP contribution in [0.5, 0.6) is 0 Å². The molecule has 1 N–H and O–H groups in total. The Hall–Kier alpha value is -0.860. The van der Waals surface area contributed by atoms with Crippen LogP contribution in [0.1, 0.15) is 46.5 Å². The number of carboxylic acids is 1. The van der Waals surface area contributed by atoms with Gasteiger partial charge in [0, 0.05) is 17.8 Å². The van der Waals surface area contributed by atoms with E-state index in [1.165, 1.54) is 0 Å². The predicted octanol–water partition coefficient (Wildman–Crippen LogP) is 2.49. The molecule has 0 aromatic heterocycles. The highest BCUT2D eigenvalue weighted by Gasteiger charge is 2.65. The van der Waals surface area contributed by atoms with Gasteiger partial charge in [0.1, 0.15) is 5.78 Å². The Labute approximate surface area is 96.2 Å². The zero-order valence-electron chi connectivity index (χ0n) is 10.2. The topological polar surface area (TPSA) is 54.4 Å². The lowest BCUT2D eigenvalue weighted by atomic mass is 9.70. The second-order valence-electron chi connectivity index (χ2n) is 6.10. The van der Waals surface area contributed by atoms with Crippen molar-refractivity contribution >= 4 is 11.8 Å². The molecule has 2 aliphatic carbocycles. The van der Waals surface area contributed by atoms with E-state index in [4.69, 9.17) is 5.11 Å². The number of hydrogen-bond acceptors (Lipinski definition) is 2. The largest absolute Gasteiger partial charge is 0.481 e.